The number of alkyl halides is 1. The van der Waals surface area contributed by atoms with Crippen LogP contribution in [0.25, 0.3) is 0 Å². The maximum atomic E-state index is 11.7. The van der Waals surface area contributed by atoms with Crippen molar-refractivity contribution in [3.63, 3.8) is 0 Å². The molecule has 0 heterocycles. The molecule has 1 rings (SSSR count). The van der Waals surface area contributed by atoms with Gasteiger partial charge in [-0.3, -0.25) is 4.79 Å². The number of benzene rings is 1. The average Bonchev–Trinajstić information content (AvgIpc) is 2.26. The van der Waals surface area contributed by atoms with Gasteiger partial charge in [0.15, 0.2) is 0 Å². The SMILES string of the molecule is CC(C)(NC(=O)CCCCl)c1ccc(Br)cc1. The molecule has 17 heavy (non-hydrogen) atoms. The van der Waals surface area contributed by atoms with Gasteiger partial charge in [-0.25, -0.2) is 0 Å². The van der Waals surface area contributed by atoms with Gasteiger partial charge in [-0.1, -0.05) is 28.1 Å². The molecule has 1 N–H and O–H groups in total. The largest absolute Gasteiger partial charge is 0.347 e. The molecule has 1 amide bonds. The van der Waals surface area contributed by atoms with Crippen molar-refractivity contribution in [1.82, 2.24) is 5.32 Å². The molecule has 1 aromatic rings. The quantitative estimate of drug-likeness (QED) is 0.822. The Balaban J connectivity index is 2.67. The minimum absolute atomic E-state index is 0.0403. The minimum Gasteiger partial charge on any atom is -0.347 e. The van der Waals surface area contributed by atoms with Crippen LogP contribution in [-0.2, 0) is 10.3 Å². The summed E-state index contributed by atoms with van der Waals surface area (Å²) in [4.78, 5) is 11.7. The van der Waals surface area contributed by atoms with Crippen LogP contribution < -0.4 is 5.32 Å². The van der Waals surface area contributed by atoms with E-state index in [1.54, 1.807) is 0 Å². The molecule has 2 nitrogen and oxygen atoms in total. The van der Waals surface area contributed by atoms with Crippen LogP contribution in [0.4, 0.5) is 0 Å². The Kier molecular flexibility index (Phi) is 5.47. The van der Waals surface area contributed by atoms with E-state index < -0.39 is 0 Å². The number of hydrogen-bond acceptors (Lipinski definition) is 1. The van der Waals surface area contributed by atoms with E-state index in [9.17, 15) is 4.79 Å². The summed E-state index contributed by atoms with van der Waals surface area (Å²) in [6.07, 6.45) is 1.19. The summed E-state index contributed by atoms with van der Waals surface area (Å²) in [5.74, 6) is 0.560. The van der Waals surface area contributed by atoms with Crippen molar-refractivity contribution >= 4 is 33.4 Å². The van der Waals surface area contributed by atoms with E-state index in [0.29, 0.717) is 18.7 Å². The van der Waals surface area contributed by atoms with Gasteiger partial charge in [-0.2, -0.15) is 0 Å². The number of hydrogen-bond donors (Lipinski definition) is 1. The van der Waals surface area contributed by atoms with Crippen molar-refractivity contribution in [2.45, 2.75) is 32.2 Å². The van der Waals surface area contributed by atoms with Crippen molar-refractivity contribution in [1.29, 1.82) is 0 Å². The predicted octanol–water partition coefficient (Wildman–Crippen LogP) is 3.82. The monoisotopic (exact) mass is 317 g/mol. The fourth-order valence-electron chi connectivity index (χ4n) is 1.58. The summed E-state index contributed by atoms with van der Waals surface area (Å²) in [7, 11) is 0. The lowest BCUT2D eigenvalue weighted by Gasteiger charge is -2.27. The highest BCUT2D eigenvalue weighted by atomic mass is 79.9. The van der Waals surface area contributed by atoms with Gasteiger partial charge in [0, 0.05) is 16.8 Å². The Morgan fingerprint density at radius 2 is 1.94 bits per heavy atom. The molecule has 0 saturated carbocycles. The van der Waals surface area contributed by atoms with Crippen LogP contribution in [-0.4, -0.2) is 11.8 Å². The first kappa shape index (κ1) is 14.5. The molecular formula is C13H17BrClNO. The Hall–Kier alpha value is -0.540. The Bertz CT molecular complexity index is 376. The zero-order valence-electron chi connectivity index (χ0n) is 10.1. The maximum Gasteiger partial charge on any atom is 0.220 e. The Labute approximate surface area is 116 Å². The van der Waals surface area contributed by atoms with Gasteiger partial charge in [0.25, 0.3) is 0 Å². The molecule has 0 fully saturated rings. The highest BCUT2D eigenvalue weighted by Crippen LogP contribution is 2.22. The van der Waals surface area contributed by atoms with Gasteiger partial charge in [0.1, 0.15) is 0 Å². The second-order valence-electron chi connectivity index (χ2n) is 4.47. The lowest BCUT2D eigenvalue weighted by molar-refractivity contribution is -0.122. The van der Waals surface area contributed by atoms with E-state index >= 15 is 0 Å². The molecule has 0 aliphatic carbocycles. The fourth-order valence-corrected chi connectivity index (χ4v) is 1.98. The first-order valence-corrected chi connectivity index (χ1v) is 6.91. The van der Waals surface area contributed by atoms with Crippen LogP contribution in [0.5, 0.6) is 0 Å². The van der Waals surface area contributed by atoms with Crippen molar-refractivity contribution < 1.29 is 4.79 Å². The molecule has 4 heteroatoms. The summed E-state index contributed by atoms with van der Waals surface area (Å²) in [6.45, 7) is 3.99. The first-order chi connectivity index (χ1) is 7.95. The molecular weight excluding hydrogens is 302 g/mol. The number of carbonyl (C=O) groups excluding carboxylic acids is 1. The van der Waals surface area contributed by atoms with Crippen LogP contribution in [0.3, 0.4) is 0 Å². The fraction of sp³-hybridized carbons (Fsp3) is 0.462. The normalized spacial score (nSPS) is 11.3. The van der Waals surface area contributed by atoms with Crippen molar-refractivity contribution in [3.8, 4) is 0 Å². The minimum atomic E-state index is -0.357. The first-order valence-electron chi connectivity index (χ1n) is 5.59. The third-order valence-electron chi connectivity index (χ3n) is 2.56. The van der Waals surface area contributed by atoms with E-state index in [2.05, 4.69) is 21.2 Å². The van der Waals surface area contributed by atoms with Gasteiger partial charge in [0.05, 0.1) is 5.54 Å². The van der Waals surface area contributed by atoms with E-state index in [1.165, 1.54) is 0 Å². The predicted molar refractivity (Wildman–Crippen MR) is 75.3 cm³/mol. The summed E-state index contributed by atoms with van der Waals surface area (Å²) in [6, 6.07) is 7.96. The van der Waals surface area contributed by atoms with Crippen LogP contribution >= 0.6 is 27.5 Å². The molecule has 1 aromatic carbocycles. The van der Waals surface area contributed by atoms with Gasteiger partial charge in [-0.15, -0.1) is 11.6 Å². The smallest absolute Gasteiger partial charge is 0.220 e. The van der Waals surface area contributed by atoms with E-state index in [0.717, 1.165) is 10.0 Å². The molecule has 0 bridgehead atoms. The second kappa shape index (κ2) is 6.41. The molecule has 0 aromatic heterocycles. The molecule has 0 unspecified atom stereocenters. The summed E-state index contributed by atoms with van der Waals surface area (Å²) >= 11 is 8.96. The van der Waals surface area contributed by atoms with Crippen molar-refractivity contribution in [3.05, 3.63) is 34.3 Å². The molecule has 0 aliphatic heterocycles. The number of carbonyl (C=O) groups is 1. The molecule has 0 radical (unpaired) electrons. The van der Waals surface area contributed by atoms with E-state index in [4.69, 9.17) is 11.6 Å². The molecule has 0 aliphatic rings. The summed E-state index contributed by atoms with van der Waals surface area (Å²) < 4.78 is 1.03. The van der Waals surface area contributed by atoms with Crippen molar-refractivity contribution in [2.75, 3.05) is 5.88 Å². The number of halogens is 2. The lowest BCUT2D eigenvalue weighted by atomic mass is 9.94. The average molecular weight is 319 g/mol. The zero-order valence-corrected chi connectivity index (χ0v) is 12.4. The van der Waals surface area contributed by atoms with Crippen LogP contribution in [0.1, 0.15) is 32.3 Å². The number of rotatable bonds is 5. The topological polar surface area (TPSA) is 29.1 Å². The number of amides is 1. The molecule has 0 spiro atoms. The maximum absolute atomic E-state index is 11.7. The zero-order chi connectivity index (χ0) is 12.9. The highest BCUT2D eigenvalue weighted by Gasteiger charge is 2.22. The van der Waals surface area contributed by atoms with Gasteiger partial charge >= 0.3 is 0 Å². The molecule has 94 valence electrons. The Morgan fingerprint density at radius 3 is 2.47 bits per heavy atom. The third kappa shape index (κ3) is 4.68. The summed E-state index contributed by atoms with van der Waals surface area (Å²) in [5, 5.41) is 3.01. The highest BCUT2D eigenvalue weighted by molar-refractivity contribution is 9.10. The second-order valence-corrected chi connectivity index (χ2v) is 5.77. The summed E-state index contributed by atoms with van der Waals surface area (Å²) in [5.41, 5.74) is 0.726. The molecule has 0 atom stereocenters. The van der Waals surface area contributed by atoms with Gasteiger partial charge in [-0.05, 0) is 38.0 Å². The van der Waals surface area contributed by atoms with E-state index in [1.807, 2.05) is 38.1 Å². The van der Waals surface area contributed by atoms with Gasteiger partial charge in [0.2, 0.25) is 5.91 Å². The van der Waals surface area contributed by atoms with E-state index in [-0.39, 0.29) is 11.4 Å². The van der Waals surface area contributed by atoms with Crippen LogP contribution in [0.2, 0.25) is 0 Å². The third-order valence-corrected chi connectivity index (χ3v) is 3.35. The Morgan fingerprint density at radius 1 is 1.35 bits per heavy atom. The molecule has 0 saturated heterocycles. The standard InChI is InChI=1S/C13H17BrClNO/c1-13(2,16-12(17)4-3-9-15)10-5-7-11(14)8-6-10/h5-8H,3-4,9H2,1-2H3,(H,16,17). The van der Waals surface area contributed by atoms with Crippen molar-refractivity contribution in [2.24, 2.45) is 0 Å². The number of nitrogens with one attached hydrogen (secondary N) is 1. The lowest BCUT2D eigenvalue weighted by Crippen LogP contribution is -2.40. The van der Waals surface area contributed by atoms with Crippen LogP contribution in [0.15, 0.2) is 28.7 Å². The van der Waals surface area contributed by atoms with Crippen LogP contribution in [0, 0.1) is 0 Å². The van der Waals surface area contributed by atoms with Gasteiger partial charge < -0.3 is 5.32 Å².